The molecule has 2 heterocycles. The minimum atomic E-state index is -0.266. The molecule has 0 aliphatic heterocycles. The van der Waals surface area contributed by atoms with E-state index in [4.69, 9.17) is 0 Å². The summed E-state index contributed by atoms with van der Waals surface area (Å²) in [5.41, 5.74) is 0. The van der Waals surface area contributed by atoms with E-state index in [1.165, 1.54) is 0 Å². The average Bonchev–Trinajstić information content (AvgIpc) is 2.87. The van der Waals surface area contributed by atoms with Gasteiger partial charge in [-0.05, 0) is 12.1 Å². The lowest BCUT2D eigenvalue weighted by atomic mass is 9.97. The van der Waals surface area contributed by atoms with Crippen LogP contribution >= 0.6 is 0 Å². The third-order valence-electron chi connectivity index (χ3n) is 1.76. The van der Waals surface area contributed by atoms with Crippen LogP contribution in [0.15, 0.2) is 42.0 Å². The Hall–Kier alpha value is -2.05. The van der Waals surface area contributed by atoms with E-state index in [0.717, 1.165) is 0 Å². The van der Waals surface area contributed by atoms with E-state index in [9.17, 15) is 0 Å². The van der Waals surface area contributed by atoms with Gasteiger partial charge in [0.05, 0.1) is 0 Å². The number of hydrogen-bond acceptors (Lipinski definition) is 4. The summed E-state index contributed by atoms with van der Waals surface area (Å²) >= 11 is 0. The molecule has 0 saturated heterocycles. The Labute approximate surface area is 81.4 Å². The molecule has 0 spiro atoms. The van der Waals surface area contributed by atoms with Gasteiger partial charge in [0.1, 0.15) is 0 Å². The van der Waals surface area contributed by atoms with Crippen molar-refractivity contribution >= 4 is 13.8 Å². The molecular weight excluding hydrogens is 179 g/mol. The zero-order chi connectivity index (χ0) is 9.80. The summed E-state index contributed by atoms with van der Waals surface area (Å²) in [4.78, 5) is 0. The quantitative estimate of drug-likeness (QED) is 0.405. The first-order valence-electron chi connectivity index (χ1n) is 4.11. The van der Waals surface area contributed by atoms with E-state index in [1.54, 1.807) is 21.6 Å². The van der Waals surface area contributed by atoms with Crippen molar-refractivity contribution in [1.82, 2.24) is 24.7 Å². The highest BCUT2D eigenvalue weighted by atomic mass is 15.4. The predicted octanol–water partition coefficient (Wildman–Crippen LogP) is -0.334. The molecule has 1 N–H and O–H groups in total. The highest BCUT2D eigenvalue weighted by Crippen LogP contribution is 1.91. The van der Waals surface area contributed by atoms with Crippen LogP contribution in [0.25, 0.3) is 0 Å². The molecule has 70 valence electrons. The van der Waals surface area contributed by atoms with Crippen molar-refractivity contribution in [2.24, 2.45) is 5.10 Å². The van der Waals surface area contributed by atoms with Crippen molar-refractivity contribution in [3.8, 4) is 0 Å². The minimum Gasteiger partial charge on any atom is -0.308 e. The largest absolute Gasteiger partial charge is 0.561 e. The third kappa shape index (κ3) is 1.51. The molecule has 6 nitrogen and oxygen atoms in total. The number of nitrogens with zero attached hydrogens (tertiary/aromatic N) is 5. The van der Waals surface area contributed by atoms with E-state index in [-0.39, 0.29) is 7.12 Å². The Morgan fingerprint density at radius 2 is 1.71 bits per heavy atom. The summed E-state index contributed by atoms with van der Waals surface area (Å²) in [5.74, 6) is 0. The second-order valence-corrected chi connectivity index (χ2v) is 2.63. The van der Waals surface area contributed by atoms with Crippen molar-refractivity contribution in [3.63, 3.8) is 0 Å². The predicted molar refractivity (Wildman–Crippen MR) is 53.7 cm³/mol. The first kappa shape index (κ1) is 8.55. The van der Waals surface area contributed by atoms with Crippen LogP contribution in [0.3, 0.4) is 0 Å². The standard InChI is InChI=1S/C7H9BN6/c1-9-12-8(13-6-2-4-10-13)14-7-3-5-11-14/h2-7,12H,1H2. The number of aromatic nitrogens is 4. The van der Waals surface area contributed by atoms with Gasteiger partial charge in [-0.25, -0.2) is 5.10 Å². The van der Waals surface area contributed by atoms with Crippen LogP contribution in [0.5, 0.6) is 0 Å². The summed E-state index contributed by atoms with van der Waals surface area (Å²) in [6.07, 6.45) is 7.04. The molecule has 2 aromatic heterocycles. The van der Waals surface area contributed by atoms with Crippen molar-refractivity contribution in [3.05, 3.63) is 36.9 Å². The van der Waals surface area contributed by atoms with E-state index in [1.807, 2.05) is 24.5 Å². The molecule has 0 aliphatic rings. The van der Waals surface area contributed by atoms with Gasteiger partial charge in [0.2, 0.25) is 0 Å². The maximum atomic E-state index is 4.10. The first-order chi connectivity index (χ1) is 6.92. The molecule has 0 aliphatic carbocycles. The second kappa shape index (κ2) is 3.78. The summed E-state index contributed by atoms with van der Waals surface area (Å²) in [6, 6.07) is 3.67. The summed E-state index contributed by atoms with van der Waals surface area (Å²) in [7, 11) is -0.266. The number of hydrogen-bond donors (Lipinski definition) is 1. The average molecular weight is 188 g/mol. The van der Waals surface area contributed by atoms with E-state index in [2.05, 4.69) is 27.4 Å². The van der Waals surface area contributed by atoms with E-state index in [0.29, 0.717) is 0 Å². The van der Waals surface area contributed by atoms with Gasteiger partial charge < -0.3 is 5.34 Å². The van der Waals surface area contributed by atoms with E-state index < -0.39 is 0 Å². The van der Waals surface area contributed by atoms with Crippen LogP contribution < -0.4 is 5.34 Å². The summed E-state index contributed by atoms with van der Waals surface area (Å²) in [5, 5.41) is 14.6. The molecule has 0 amide bonds. The Kier molecular flexibility index (Phi) is 2.31. The molecule has 2 rings (SSSR count). The van der Waals surface area contributed by atoms with Crippen molar-refractivity contribution in [1.29, 1.82) is 0 Å². The number of nitrogens with one attached hydrogen (secondary N) is 1. The molecule has 14 heavy (non-hydrogen) atoms. The molecule has 0 radical (unpaired) electrons. The maximum Gasteiger partial charge on any atom is 0.561 e. The van der Waals surface area contributed by atoms with Crippen molar-refractivity contribution in [2.45, 2.75) is 0 Å². The highest BCUT2D eigenvalue weighted by molar-refractivity contribution is 6.51. The molecule has 0 atom stereocenters. The van der Waals surface area contributed by atoms with Crippen LogP contribution in [-0.4, -0.2) is 33.2 Å². The van der Waals surface area contributed by atoms with Gasteiger partial charge in [0, 0.05) is 31.5 Å². The second-order valence-electron chi connectivity index (χ2n) is 2.63. The van der Waals surface area contributed by atoms with Gasteiger partial charge in [0.15, 0.2) is 0 Å². The van der Waals surface area contributed by atoms with Crippen LogP contribution in [0.4, 0.5) is 0 Å². The fraction of sp³-hybridized carbons (Fsp3) is 0. The van der Waals surface area contributed by atoms with Crippen molar-refractivity contribution in [2.75, 3.05) is 0 Å². The molecule has 7 heteroatoms. The minimum absolute atomic E-state index is 0.266. The fourth-order valence-electron chi connectivity index (χ4n) is 1.17. The zero-order valence-corrected chi connectivity index (χ0v) is 7.48. The van der Waals surface area contributed by atoms with Gasteiger partial charge in [-0.2, -0.15) is 10.2 Å². The monoisotopic (exact) mass is 188 g/mol. The molecule has 0 unspecified atom stereocenters. The summed E-state index contributed by atoms with van der Waals surface area (Å²) < 4.78 is 3.39. The Morgan fingerprint density at radius 3 is 2.07 bits per heavy atom. The van der Waals surface area contributed by atoms with E-state index >= 15 is 0 Å². The number of hydrazone groups is 1. The van der Waals surface area contributed by atoms with Gasteiger partial charge in [-0.1, -0.05) is 0 Å². The SMILES string of the molecule is C=NNB(n1cccn1)n1cccn1. The zero-order valence-electron chi connectivity index (χ0n) is 7.48. The Bertz CT molecular complexity index is 346. The van der Waals surface area contributed by atoms with Gasteiger partial charge in [-0.15, -0.1) is 0 Å². The molecule has 0 aromatic carbocycles. The normalized spacial score (nSPS) is 9.71. The highest BCUT2D eigenvalue weighted by Gasteiger charge is 2.21. The lowest BCUT2D eigenvalue weighted by Gasteiger charge is -2.11. The van der Waals surface area contributed by atoms with Crippen LogP contribution in [0.2, 0.25) is 0 Å². The smallest absolute Gasteiger partial charge is 0.308 e. The lowest BCUT2D eigenvalue weighted by Crippen LogP contribution is -2.45. The lowest BCUT2D eigenvalue weighted by molar-refractivity contribution is 0.796. The number of rotatable bonds is 4. The van der Waals surface area contributed by atoms with Crippen molar-refractivity contribution < 1.29 is 0 Å². The Balaban J connectivity index is 2.29. The van der Waals surface area contributed by atoms with Crippen LogP contribution in [0.1, 0.15) is 0 Å². The van der Waals surface area contributed by atoms with Crippen LogP contribution in [0, 0.1) is 0 Å². The fourth-order valence-corrected chi connectivity index (χ4v) is 1.17. The Morgan fingerprint density at radius 1 is 1.14 bits per heavy atom. The van der Waals surface area contributed by atoms with Crippen LogP contribution in [-0.2, 0) is 0 Å². The third-order valence-corrected chi connectivity index (χ3v) is 1.76. The molecular formula is C7H9BN6. The molecule has 0 fully saturated rings. The molecule has 0 bridgehead atoms. The topological polar surface area (TPSA) is 60.0 Å². The molecule has 2 aromatic rings. The first-order valence-corrected chi connectivity index (χ1v) is 4.11. The van der Waals surface area contributed by atoms with Gasteiger partial charge in [-0.3, -0.25) is 9.19 Å². The summed E-state index contributed by atoms with van der Waals surface area (Å²) in [6.45, 7) is 3.38. The molecule has 0 saturated carbocycles. The maximum absolute atomic E-state index is 4.10. The van der Waals surface area contributed by atoms with Gasteiger partial charge in [0.25, 0.3) is 0 Å². The van der Waals surface area contributed by atoms with Gasteiger partial charge >= 0.3 is 7.12 Å².